The zero-order valence-electron chi connectivity index (χ0n) is 14.2. The fraction of sp³-hybridized carbons (Fsp3) is 0.850. The number of hydrogen-bond acceptors (Lipinski definition) is 4. The Morgan fingerprint density at radius 2 is 2.12 bits per heavy atom. The van der Waals surface area contributed by atoms with Gasteiger partial charge in [-0.1, -0.05) is 25.5 Å². The molecule has 6 saturated carbocycles. The monoisotopic (exact) mass is 327 g/mol. The second-order valence-electron chi connectivity index (χ2n) is 10.6. The standard InChI is InChI=1S/C20H25NO3/c1-9-6-18-7-20(24)16-17(2)4-3-5-19(16)14(18)13(23)10(9)12(22)11(18)15(19)21(20)8-17/h10-12,14-16,22,24H,1,3-8H2,2H3. The molecular weight excluding hydrogens is 302 g/mol. The van der Waals surface area contributed by atoms with E-state index in [4.69, 9.17) is 0 Å². The Labute approximate surface area is 141 Å². The number of carbonyl (C=O) groups excluding carboxylic acids is 1. The van der Waals surface area contributed by atoms with Gasteiger partial charge in [-0.05, 0) is 36.5 Å². The highest BCUT2D eigenvalue weighted by molar-refractivity contribution is 5.92. The molecule has 9 rings (SSSR count). The molecule has 0 aromatic heterocycles. The zero-order valence-corrected chi connectivity index (χ0v) is 14.2. The molecule has 9 fully saturated rings. The fourth-order valence-corrected chi connectivity index (χ4v) is 10.4. The number of Topliss-reactive ketones (excluding diaryl/α,β-unsaturated/α-hetero) is 1. The number of carbonyl (C=O) groups is 1. The first-order valence-corrected chi connectivity index (χ1v) is 9.70. The number of piperidine rings is 2. The van der Waals surface area contributed by atoms with Crippen molar-refractivity contribution in [3.63, 3.8) is 0 Å². The number of aliphatic hydroxyl groups is 2. The molecular formula is C20H25NO3. The van der Waals surface area contributed by atoms with Crippen LogP contribution in [0.3, 0.4) is 0 Å². The van der Waals surface area contributed by atoms with Crippen molar-refractivity contribution in [2.24, 2.45) is 39.9 Å². The Kier molecular flexibility index (Phi) is 1.79. The van der Waals surface area contributed by atoms with Gasteiger partial charge in [-0.3, -0.25) is 9.69 Å². The molecule has 11 atom stereocenters. The fourth-order valence-electron chi connectivity index (χ4n) is 10.4. The Morgan fingerprint density at radius 3 is 2.92 bits per heavy atom. The normalized spacial score (nSPS) is 73.0. The summed E-state index contributed by atoms with van der Waals surface area (Å²) in [6, 6.07) is 0.219. The van der Waals surface area contributed by atoms with Crippen LogP contribution in [0.2, 0.25) is 0 Å². The van der Waals surface area contributed by atoms with Crippen molar-refractivity contribution in [2.45, 2.75) is 56.9 Å². The van der Waals surface area contributed by atoms with Crippen LogP contribution in [0.5, 0.6) is 0 Å². The van der Waals surface area contributed by atoms with E-state index in [1.807, 2.05) is 0 Å². The molecule has 4 heteroatoms. The molecule has 9 aliphatic rings. The van der Waals surface area contributed by atoms with Crippen LogP contribution in [0.15, 0.2) is 12.2 Å². The molecule has 3 saturated heterocycles. The average Bonchev–Trinajstić information content (AvgIpc) is 2.84. The molecule has 11 unspecified atom stereocenters. The summed E-state index contributed by atoms with van der Waals surface area (Å²) in [6.45, 7) is 7.46. The molecule has 0 aromatic carbocycles. The van der Waals surface area contributed by atoms with Gasteiger partial charge in [-0.25, -0.2) is 0 Å². The third-order valence-electron chi connectivity index (χ3n) is 9.97. The third-order valence-corrected chi connectivity index (χ3v) is 9.97. The van der Waals surface area contributed by atoms with Gasteiger partial charge in [-0.2, -0.15) is 0 Å². The smallest absolute Gasteiger partial charge is 0.146 e. The average molecular weight is 327 g/mol. The van der Waals surface area contributed by atoms with E-state index in [0.717, 1.165) is 25.0 Å². The maximum absolute atomic E-state index is 13.5. The van der Waals surface area contributed by atoms with Crippen molar-refractivity contribution in [3.8, 4) is 0 Å². The molecule has 9 bridgehead atoms. The van der Waals surface area contributed by atoms with Gasteiger partial charge < -0.3 is 10.2 Å². The Morgan fingerprint density at radius 1 is 1.33 bits per heavy atom. The molecule has 0 aromatic rings. The van der Waals surface area contributed by atoms with Crippen molar-refractivity contribution < 1.29 is 15.0 Å². The number of nitrogens with zero attached hydrogens (tertiary/aromatic N) is 1. The Bertz CT molecular complexity index is 764. The second-order valence-corrected chi connectivity index (χ2v) is 10.6. The van der Waals surface area contributed by atoms with Gasteiger partial charge in [0.1, 0.15) is 11.5 Å². The highest BCUT2D eigenvalue weighted by Gasteiger charge is 2.93. The van der Waals surface area contributed by atoms with E-state index in [0.29, 0.717) is 6.42 Å². The largest absolute Gasteiger partial charge is 0.392 e. The summed E-state index contributed by atoms with van der Waals surface area (Å²) in [6.07, 6.45) is 4.37. The molecule has 3 aliphatic heterocycles. The summed E-state index contributed by atoms with van der Waals surface area (Å²) in [7, 11) is 0. The summed E-state index contributed by atoms with van der Waals surface area (Å²) in [4.78, 5) is 15.9. The highest BCUT2D eigenvalue weighted by Crippen LogP contribution is 2.88. The van der Waals surface area contributed by atoms with Crippen molar-refractivity contribution in [1.82, 2.24) is 4.90 Å². The van der Waals surface area contributed by atoms with Crippen molar-refractivity contribution in [3.05, 3.63) is 12.2 Å². The van der Waals surface area contributed by atoms with E-state index in [9.17, 15) is 15.0 Å². The van der Waals surface area contributed by atoms with Crippen molar-refractivity contribution in [2.75, 3.05) is 6.54 Å². The van der Waals surface area contributed by atoms with Gasteiger partial charge in [0.25, 0.3) is 0 Å². The third kappa shape index (κ3) is 0.889. The summed E-state index contributed by atoms with van der Waals surface area (Å²) in [5.41, 5.74) is 0.0534. The minimum absolute atomic E-state index is 0.0640. The van der Waals surface area contributed by atoms with Gasteiger partial charge in [0.15, 0.2) is 0 Å². The predicted molar refractivity (Wildman–Crippen MR) is 85.6 cm³/mol. The summed E-state index contributed by atoms with van der Waals surface area (Å²) in [5, 5.41) is 23.0. The van der Waals surface area contributed by atoms with Crippen LogP contribution in [-0.2, 0) is 4.79 Å². The van der Waals surface area contributed by atoms with Gasteiger partial charge in [0.2, 0.25) is 0 Å². The van der Waals surface area contributed by atoms with Gasteiger partial charge in [-0.15, -0.1) is 0 Å². The van der Waals surface area contributed by atoms with Crippen LogP contribution in [0.25, 0.3) is 0 Å². The number of ketones is 1. The van der Waals surface area contributed by atoms with Crippen LogP contribution < -0.4 is 0 Å². The van der Waals surface area contributed by atoms with E-state index in [1.165, 1.54) is 12.8 Å². The molecule has 2 spiro atoms. The van der Waals surface area contributed by atoms with Crippen LogP contribution in [0, 0.1) is 39.9 Å². The molecule has 0 radical (unpaired) electrons. The van der Waals surface area contributed by atoms with Gasteiger partial charge in [0, 0.05) is 35.8 Å². The van der Waals surface area contributed by atoms with E-state index in [1.54, 1.807) is 0 Å². The highest BCUT2D eigenvalue weighted by atomic mass is 16.3. The SMILES string of the molecule is C=C1CC23CC4(O)C5C6(C)CCCC57C(C2C(O)C1C(=O)C37)N4C6. The summed E-state index contributed by atoms with van der Waals surface area (Å²) >= 11 is 0. The minimum atomic E-state index is -0.739. The first kappa shape index (κ1) is 13.5. The number of fused-ring (bicyclic) bond motifs is 1. The lowest BCUT2D eigenvalue weighted by Gasteiger charge is -2.64. The maximum atomic E-state index is 13.5. The number of rotatable bonds is 0. The van der Waals surface area contributed by atoms with Crippen LogP contribution >= 0.6 is 0 Å². The Hall–Kier alpha value is -0.710. The molecule has 2 N–H and O–H groups in total. The van der Waals surface area contributed by atoms with Crippen LogP contribution in [0.4, 0.5) is 0 Å². The lowest BCUT2D eigenvalue weighted by atomic mass is 9.39. The van der Waals surface area contributed by atoms with E-state index in [-0.39, 0.29) is 51.7 Å². The van der Waals surface area contributed by atoms with Crippen LogP contribution in [0.1, 0.15) is 39.0 Å². The minimum Gasteiger partial charge on any atom is -0.392 e. The first-order valence-electron chi connectivity index (χ1n) is 9.70. The summed E-state index contributed by atoms with van der Waals surface area (Å²) < 4.78 is 0. The van der Waals surface area contributed by atoms with Crippen molar-refractivity contribution in [1.29, 1.82) is 0 Å². The van der Waals surface area contributed by atoms with E-state index >= 15 is 0 Å². The molecule has 3 heterocycles. The second kappa shape index (κ2) is 3.19. The van der Waals surface area contributed by atoms with E-state index < -0.39 is 11.8 Å². The molecule has 6 aliphatic carbocycles. The maximum Gasteiger partial charge on any atom is 0.146 e. The van der Waals surface area contributed by atoms with E-state index in [2.05, 4.69) is 18.4 Å². The molecule has 24 heavy (non-hydrogen) atoms. The van der Waals surface area contributed by atoms with Gasteiger partial charge in [0.05, 0.1) is 12.0 Å². The zero-order chi connectivity index (χ0) is 16.4. The number of hydrogen-bond donors (Lipinski definition) is 2. The first-order chi connectivity index (χ1) is 11.3. The van der Waals surface area contributed by atoms with Crippen molar-refractivity contribution >= 4 is 5.78 Å². The summed E-state index contributed by atoms with van der Waals surface area (Å²) in [5.74, 6) is 0.401. The molecule has 4 nitrogen and oxygen atoms in total. The lowest BCUT2D eigenvalue weighted by Crippen LogP contribution is -2.69. The molecule has 128 valence electrons. The topological polar surface area (TPSA) is 60.8 Å². The van der Waals surface area contributed by atoms with Gasteiger partial charge >= 0.3 is 0 Å². The quantitative estimate of drug-likeness (QED) is 0.659. The number of aliphatic hydroxyl groups excluding tert-OH is 1. The molecule has 0 amide bonds. The lowest BCUT2D eigenvalue weighted by molar-refractivity contribution is -0.232. The van der Waals surface area contributed by atoms with Crippen LogP contribution in [-0.4, -0.2) is 45.3 Å². The Balaban J connectivity index is 1.58. The predicted octanol–water partition coefficient (Wildman–Crippen LogP) is 1.32.